The van der Waals surface area contributed by atoms with Gasteiger partial charge in [0.2, 0.25) is 0 Å². The predicted octanol–water partition coefficient (Wildman–Crippen LogP) is 1.79. The molecule has 0 aromatic carbocycles. The lowest BCUT2D eigenvalue weighted by Gasteiger charge is -1.95. The molecule has 4 heteroatoms. The summed E-state index contributed by atoms with van der Waals surface area (Å²) in [4.78, 5) is 8.96. The fourth-order valence-corrected chi connectivity index (χ4v) is 1.67. The maximum absolute atomic E-state index is 5.64. The first kappa shape index (κ1) is 7.24. The highest BCUT2D eigenvalue weighted by atomic mass is 32.1. The molecule has 60 valence electrons. The number of nitrogens with zero attached hydrogens (tertiary/aromatic N) is 2. The summed E-state index contributed by atoms with van der Waals surface area (Å²) in [5.41, 5.74) is 8.40. The Labute approximate surface area is 73.9 Å². The SMILES string of the molecule is Nc1ncsc1-c1cccnc1. The van der Waals surface area contributed by atoms with Gasteiger partial charge in [-0.1, -0.05) is 6.07 Å². The van der Waals surface area contributed by atoms with E-state index in [1.165, 1.54) is 11.3 Å². The summed E-state index contributed by atoms with van der Waals surface area (Å²) >= 11 is 1.53. The molecule has 0 saturated heterocycles. The van der Waals surface area contributed by atoms with E-state index in [1.807, 2.05) is 12.1 Å². The number of nitrogen functional groups attached to an aromatic ring is 1. The van der Waals surface area contributed by atoms with Gasteiger partial charge in [0.15, 0.2) is 0 Å². The first-order valence-corrected chi connectivity index (χ1v) is 4.35. The topological polar surface area (TPSA) is 51.8 Å². The van der Waals surface area contributed by atoms with E-state index in [1.54, 1.807) is 17.9 Å². The lowest BCUT2D eigenvalue weighted by molar-refractivity contribution is 1.33. The Morgan fingerprint density at radius 3 is 2.92 bits per heavy atom. The molecule has 2 rings (SSSR count). The zero-order valence-electron chi connectivity index (χ0n) is 6.27. The van der Waals surface area contributed by atoms with Crippen molar-refractivity contribution in [1.29, 1.82) is 0 Å². The maximum Gasteiger partial charge on any atom is 0.142 e. The lowest BCUT2D eigenvalue weighted by atomic mass is 10.2. The number of anilines is 1. The Hall–Kier alpha value is -1.42. The van der Waals surface area contributed by atoms with Gasteiger partial charge in [0.25, 0.3) is 0 Å². The molecule has 2 N–H and O–H groups in total. The lowest BCUT2D eigenvalue weighted by Crippen LogP contribution is -1.86. The summed E-state index contributed by atoms with van der Waals surface area (Å²) in [6, 6.07) is 3.85. The van der Waals surface area contributed by atoms with Crippen molar-refractivity contribution in [3.05, 3.63) is 30.0 Å². The van der Waals surface area contributed by atoms with Gasteiger partial charge < -0.3 is 5.73 Å². The van der Waals surface area contributed by atoms with E-state index < -0.39 is 0 Å². The van der Waals surface area contributed by atoms with Crippen LogP contribution in [0.15, 0.2) is 30.0 Å². The number of hydrogen-bond acceptors (Lipinski definition) is 4. The highest BCUT2D eigenvalue weighted by Gasteiger charge is 2.03. The van der Waals surface area contributed by atoms with Crippen molar-refractivity contribution < 1.29 is 0 Å². The normalized spacial score (nSPS) is 10.0. The first-order chi connectivity index (χ1) is 5.88. The third-order valence-corrected chi connectivity index (χ3v) is 2.41. The second kappa shape index (κ2) is 2.91. The van der Waals surface area contributed by atoms with E-state index >= 15 is 0 Å². The molecule has 0 bridgehead atoms. The van der Waals surface area contributed by atoms with Gasteiger partial charge in [-0.25, -0.2) is 4.98 Å². The smallest absolute Gasteiger partial charge is 0.142 e. The molecule has 0 amide bonds. The number of rotatable bonds is 1. The molecule has 12 heavy (non-hydrogen) atoms. The third kappa shape index (κ3) is 1.16. The predicted molar refractivity (Wildman–Crippen MR) is 49.8 cm³/mol. The molecule has 0 aliphatic heterocycles. The molecule has 2 aromatic heterocycles. The van der Waals surface area contributed by atoms with Crippen LogP contribution in [0, 0.1) is 0 Å². The Bertz CT molecular complexity index is 369. The van der Waals surface area contributed by atoms with Crippen molar-refractivity contribution in [2.45, 2.75) is 0 Å². The van der Waals surface area contributed by atoms with Crippen molar-refractivity contribution >= 4 is 17.2 Å². The van der Waals surface area contributed by atoms with Crippen LogP contribution in [-0.4, -0.2) is 9.97 Å². The van der Waals surface area contributed by atoms with Crippen LogP contribution in [0.1, 0.15) is 0 Å². The Morgan fingerprint density at radius 2 is 2.33 bits per heavy atom. The van der Waals surface area contributed by atoms with E-state index in [-0.39, 0.29) is 0 Å². The highest BCUT2D eigenvalue weighted by Crippen LogP contribution is 2.27. The minimum Gasteiger partial charge on any atom is -0.382 e. The minimum atomic E-state index is 0.577. The van der Waals surface area contributed by atoms with Crippen molar-refractivity contribution in [2.24, 2.45) is 0 Å². The summed E-state index contributed by atoms with van der Waals surface area (Å²) < 4.78 is 0. The fourth-order valence-electron chi connectivity index (χ4n) is 0.968. The van der Waals surface area contributed by atoms with Gasteiger partial charge in [-0.15, -0.1) is 11.3 Å². The van der Waals surface area contributed by atoms with Crippen LogP contribution in [0.4, 0.5) is 5.82 Å². The molecule has 0 aliphatic rings. The summed E-state index contributed by atoms with van der Waals surface area (Å²) in [5, 5.41) is 0. The molecule has 0 aliphatic carbocycles. The summed E-state index contributed by atoms with van der Waals surface area (Å²) in [7, 11) is 0. The van der Waals surface area contributed by atoms with E-state index in [4.69, 9.17) is 5.73 Å². The molecule has 3 nitrogen and oxygen atoms in total. The van der Waals surface area contributed by atoms with E-state index in [0.29, 0.717) is 5.82 Å². The van der Waals surface area contributed by atoms with Gasteiger partial charge in [-0.2, -0.15) is 0 Å². The van der Waals surface area contributed by atoms with Gasteiger partial charge >= 0.3 is 0 Å². The van der Waals surface area contributed by atoms with Crippen LogP contribution < -0.4 is 5.73 Å². The first-order valence-electron chi connectivity index (χ1n) is 3.47. The number of pyridine rings is 1. The van der Waals surface area contributed by atoms with Gasteiger partial charge in [0.05, 0.1) is 10.4 Å². The number of nitrogens with two attached hydrogens (primary N) is 1. The largest absolute Gasteiger partial charge is 0.382 e. The molecule has 0 atom stereocenters. The molecule has 2 aromatic rings. The van der Waals surface area contributed by atoms with Gasteiger partial charge in [-0.05, 0) is 6.07 Å². The second-order valence-electron chi connectivity index (χ2n) is 2.31. The van der Waals surface area contributed by atoms with E-state index in [9.17, 15) is 0 Å². The molecule has 0 spiro atoms. The molecule has 0 saturated carbocycles. The zero-order chi connectivity index (χ0) is 8.39. The van der Waals surface area contributed by atoms with Crippen molar-refractivity contribution in [2.75, 3.05) is 5.73 Å². The van der Waals surface area contributed by atoms with Gasteiger partial charge in [0, 0.05) is 18.0 Å². The Morgan fingerprint density at radius 1 is 1.42 bits per heavy atom. The molecular weight excluding hydrogens is 170 g/mol. The van der Waals surface area contributed by atoms with Crippen LogP contribution >= 0.6 is 11.3 Å². The zero-order valence-corrected chi connectivity index (χ0v) is 7.08. The van der Waals surface area contributed by atoms with Crippen LogP contribution in [-0.2, 0) is 0 Å². The van der Waals surface area contributed by atoms with Gasteiger partial charge in [-0.3, -0.25) is 4.98 Å². The minimum absolute atomic E-state index is 0.577. The van der Waals surface area contributed by atoms with Crippen LogP contribution in [0.3, 0.4) is 0 Å². The standard InChI is InChI=1S/C8H7N3S/c9-8-7(12-5-11-8)6-2-1-3-10-4-6/h1-5H,9H2. The van der Waals surface area contributed by atoms with Crippen molar-refractivity contribution in [1.82, 2.24) is 9.97 Å². The molecule has 2 heterocycles. The number of hydrogen-bond donors (Lipinski definition) is 1. The summed E-state index contributed by atoms with van der Waals surface area (Å²) in [6.45, 7) is 0. The average Bonchev–Trinajstić information content (AvgIpc) is 2.53. The maximum atomic E-state index is 5.64. The fraction of sp³-hybridized carbons (Fsp3) is 0. The third-order valence-electron chi connectivity index (χ3n) is 1.52. The molecule has 0 fully saturated rings. The van der Waals surface area contributed by atoms with E-state index in [2.05, 4.69) is 9.97 Å². The van der Waals surface area contributed by atoms with Crippen molar-refractivity contribution in [3.8, 4) is 10.4 Å². The Balaban J connectivity index is 2.51. The monoisotopic (exact) mass is 177 g/mol. The Kier molecular flexibility index (Phi) is 1.75. The average molecular weight is 177 g/mol. The molecular formula is C8H7N3S. The number of thiazole rings is 1. The molecule has 0 unspecified atom stereocenters. The van der Waals surface area contributed by atoms with Crippen LogP contribution in [0.2, 0.25) is 0 Å². The van der Waals surface area contributed by atoms with Crippen LogP contribution in [0.5, 0.6) is 0 Å². The van der Waals surface area contributed by atoms with Crippen LogP contribution in [0.25, 0.3) is 10.4 Å². The number of aromatic nitrogens is 2. The quantitative estimate of drug-likeness (QED) is 0.722. The summed E-state index contributed by atoms with van der Waals surface area (Å²) in [6.07, 6.45) is 3.52. The van der Waals surface area contributed by atoms with Crippen molar-refractivity contribution in [3.63, 3.8) is 0 Å². The second-order valence-corrected chi connectivity index (χ2v) is 3.16. The summed E-state index contributed by atoms with van der Waals surface area (Å²) in [5.74, 6) is 0.577. The highest BCUT2D eigenvalue weighted by molar-refractivity contribution is 7.13. The molecule has 0 radical (unpaired) electrons. The van der Waals surface area contributed by atoms with E-state index in [0.717, 1.165) is 10.4 Å². The van der Waals surface area contributed by atoms with Gasteiger partial charge in [0.1, 0.15) is 5.82 Å².